The Morgan fingerprint density at radius 3 is 1.95 bits per heavy atom. The molecular formula is C32H50N4O6S. The van der Waals surface area contributed by atoms with Gasteiger partial charge in [0, 0.05) is 24.7 Å². The number of aromatic nitrogens is 2. The van der Waals surface area contributed by atoms with Crippen LogP contribution >= 0.6 is 0 Å². The van der Waals surface area contributed by atoms with Gasteiger partial charge in [0.25, 0.3) is 10.0 Å². The molecule has 0 radical (unpaired) electrons. The predicted molar refractivity (Wildman–Crippen MR) is 167 cm³/mol. The van der Waals surface area contributed by atoms with Gasteiger partial charge >= 0.3 is 12.1 Å². The molecule has 0 spiro atoms. The average molecular weight is 619 g/mol. The summed E-state index contributed by atoms with van der Waals surface area (Å²) in [5.74, 6) is -1.29. The van der Waals surface area contributed by atoms with Crippen molar-refractivity contribution in [3.05, 3.63) is 47.0 Å². The van der Waals surface area contributed by atoms with Gasteiger partial charge in [-0.2, -0.15) is 0 Å². The van der Waals surface area contributed by atoms with Gasteiger partial charge < -0.3 is 20.5 Å². The van der Waals surface area contributed by atoms with Crippen LogP contribution in [0.2, 0.25) is 0 Å². The number of hydrogen-bond acceptors (Lipinski definition) is 7. The fraction of sp³-hybridized carbons (Fsp3) is 0.656. The number of carbonyl (C=O) groups is 2. The van der Waals surface area contributed by atoms with Gasteiger partial charge in [0.15, 0.2) is 0 Å². The summed E-state index contributed by atoms with van der Waals surface area (Å²) in [7, 11) is -3.90. The van der Waals surface area contributed by atoms with Crippen LogP contribution in [0.5, 0.6) is 0 Å². The van der Waals surface area contributed by atoms with Gasteiger partial charge in [-0.25, -0.2) is 27.0 Å². The normalized spacial score (nSPS) is 17.4. The summed E-state index contributed by atoms with van der Waals surface area (Å²) in [5, 5.41) is 15.5. The quantitative estimate of drug-likeness (QED) is 0.337. The molecule has 43 heavy (non-hydrogen) atoms. The van der Waals surface area contributed by atoms with Crippen molar-refractivity contribution in [3.63, 3.8) is 0 Å². The number of ether oxygens (including phenoxy) is 1. The fourth-order valence-electron chi connectivity index (χ4n) is 5.99. The molecule has 0 bridgehead atoms. The summed E-state index contributed by atoms with van der Waals surface area (Å²) in [6.07, 6.45) is 15.8. The second-order valence-corrected chi connectivity index (χ2v) is 14.8. The number of carboxylic acids is 1. The lowest BCUT2D eigenvalue weighted by Crippen LogP contribution is -2.44. The Morgan fingerprint density at radius 2 is 1.49 bits per heavy atom. The lowest BCUT2D eigenvalue weighted by atomic mass is 9.91. The third-order valence-corrected chi connectivity index (χ3v) is 9.75. The van der Waals surface area contributed by atoms with Crippen molar-refractivity contribution in [3.8, 4) is 0 Å². The number of nitrogens with zero attached hydrogens (tertiary/aromatic N) is 2. The summed E-state index contributed by atoms with van der Waals surface area (Å²) in [4.78, 5) is 27.6. The van der Waals surface area contributed by atoms with Gasteiger partial charge in [-0.1, -0.05) is 56.2 Å². The van der Waals surface area contributed by atoms with E-state index in [2.05, 4.69) is 15.6 Å². The highest BCUT2D eigenvalue weighted by Gasteiger charge is 2.27. The maximum atomic E-state index is 13.1. The first-order valence-electron chi connectivity index (χ1n) is 15.5. The molecule has 1 atom stereocenters. The van der Waals surface area contributed by atoms with E-state index in [1.165, 1.54) is 70.4 Å². The van der Waals surface area contributed by atoms with Crippen molar-refractivity contribution < 1.29 is 27.9 Å². The van der Waals surface area contributed by atoms with E-state index in [0.717, 1.165) is 27.9 Å². The first-order valence-corrected chi connectivity index (χ1v) is 16.9. The lowest BCUT2D eigenvalue weighted by Gasteiger charge is -2.30. The highest BCUT2D eigenvalue weighted by atomic mass is 32.2. The van der Waals surface area contributed by atoms with E-state index in [9.17, 15) is 23.1 Å². The Labute approximate surface area is 257 Å². The van der Waals surface area contributed by atoms with Gasteiger partial charge in [-0.3, -0.25) is 0 Å². The average Bonchev–Trinajstić information content (AvgIpc) is 3.38. The Morgan fingerprint density at radius 1 is 0.977 bits per heavy atom. The van der Waals surface area contributed by atoms with E-state index < -0.39 is 33.7 Å². The van der Waals surface area contributed by atoms with E-state index in [1.807, 2.05) is 6.92 Å². The van der Waals surface area contributed by atoms with Crippen LogP contribution in [0.1, 0.15) is 107 Å². The summed E-state index contributed by atoms with van der Waals surface area (Å²) in [6, 6.07) is 3.98. The second kappa shape index (κ2) is 15.2. The first-order chi connectivity index (χ1) is 20.2. The van der Waals surface area contributed by atoms with Crippen LogP contribution in [0.3, 0.4) is 0 Å². The zero-order valence-electron chi connectivity index (χ0n) is 26.6. The highest BCUT2D eigenvalue weighted by Crippen LogP contribution is 2.25. The SMILES string of the molecule is C1CCC(NC2CCCCC2)CC1.Cc1cc(C)c(S(=O)(=O)n2cnc(C[C@H](NC(=O)OC(C)(C)C)C(=O)O)c2)c(C)c1. The molecule has 3 N–H and O–H groups in total. The first kappa shape index (κ1) is 34.6. The van der Waals surface area contributed by atoms with Crippen molar-refractivity contribution in [2.24, 2.45) is 0 Å². The van der Waals surface area contributed by atoms with Gasteiger partial charge in [-0.15, -0.1) is 0 Å². The Kier molecular flexibility index (Phi) is 12.2. The highest BCUT2D eigenvalue weighted by molar-refractivity contribution is 7.90. The molecule has 1 aromatic heterocycles. The number of rotatable bonds is 8. The van der Waals surface area contributed by atoms with Crippen LogP contribution in [-0.4, -0.2) is 58.3 Å². The van der Waals surface area contributed by atoms with Crippen molar-refractivity contribution in [1.82, 2.24) is 19.6 Å². The topological polar surface area (TPSA) is 140 Å². The Bertz CT molecular complexity index is 1300. The molecule has 2 saturated carbocycles. The van der Waals surface area contributed by atoms with Gasteiger partial charge in [0.1, 0.15) is 18.0 Å². The van der Waals surface area contributed by atoms with Crippen molar-refractivity contribution in [2.75, 3.05) is 0 Å². The minimum absolute atomic E-state index is 0.179. The molecule has 1 amide bonds. The standard InChI is InChI=1S/C20H27N3O6S.C12H23N/c1-12-7-13(2)17(14(3)8-12)30(27,28)23-10-15(21-11-23)9-16(18(24)25)22-19(26)29-20(4,5)6;1-3-7-11(8-4-1)13-12-9-5-2-6-10-12/h7-8,10-11,16H,9H2,1-6H3,(H,22,26)(H,24,25);11-13H,1-10H2/t16-;/m0./s1. The Balaban J connectivity index is 0.000000321. The molecule has 2 aliphatic carbocycles. The minimum atomic E-state index is -3.90. The zero-order chi connectivity index (χ0) is 31.8. The van der Waals surface area contributed by atoms with E-state index in [-0.39, 0.29) is 17.0 Å². The minimum Gasteiger partial charge on any atom is -0.480 e. The molecule has 1 aromatic carbocycles. The van der Waals surface area contributed by atoms with Gasteiger partial charge in [0.2, 0.25) is 0 Å². The maximum absolute atomic E-state index is 13.1. The predicted octanol–water partition coefficient (Wildman–Crippen LogP) is 5.81. The molecule has 11 heteroatoms. The molecule has 10 nitrogen and oxygen atoms in total. The summed E-state index contributed by atoms with van der Waals surface area (Å²) in [6.45, 7) is 10.3. The monoisotopic (exact) mass is 618 g/mol. The van der Waals surface area contributed by atoms with Crippen molar-refractivity contribution in [1.29, 1.82) is 0 Å². The number of carbonyl (C=O) groups excluding carboxylic acids is 1. The molecule has 0 unspecified atom stereocenters. The number of imidazole rings is 1. The molecule has 4 rings (SSSR count). The van der Waals surface area contributed by atoms with E-state index >= 15 is 0 Å². The summed E-state index contributed by atoms with van der Waals surface area (Å²) in [5.41, 5.74) is 1.58. The molecular weight excluding hydrogens is 568 g/mol. The molecule has 2 fully saturated rings. The van der Waals surface area contributed by atoms with E-state index in [4.69, 9.17) is 4.74 Å². The van der Waals surface area contributed by atoms with Crippen molar-refractivity contribution >= 4 is 22.1 Å². The summed E-state index contributed by atoms with van der Waals surface area (Å²) < 4.78 is 32.2. The fourth-order valence-corrected chi connectivity index (χ4v) is 7.57. The molecule has 0 saturated heterocycles. The van der Waals surface area contributed by atoms with Crippen LogP contribution in [0.4, 0.5) is 4.79 Å². The lowest BCUT2D eigenvalue weighted by molar-refractivity contribution is -0.139. The number of aliphatic carboxylic acids is 1. The molecule has 2 aliphatic rings. The maximum Gasteiger partial charge on any atom is 0.408 e. The van der Waals surface area contributed by atoms with Crippen LogP contribution in [0, 0.1) is 20.8 Å². The van der Waals surface area contributed by atoms with Crippen LogP contribution < -0.4 is 10.6 Å². The number of aryl methyl sites for hydroxylation is 3. The second-order valence-electron chi connectivity index (χ2n) is 13.0. The molecule has 240 valence electrons. The Hall–Kier alpha value is -2.92. The third-order valence-electron chi connectivity index (χ3n) is 7.84. The smallest absolute Gasteiger partial charge is 0.408 e. The van der Waals surface area contributed by atoms with Gasteiger partial charge in [-0.05, 0) is 78.4 Å². The number of amides is 1. The molecule has 1 heterocycles. The van der Waals surface area contributed by atoms with E-state index in [1.54, 1.807) is 46.8 Å². The van der Waals surface area contributed by atoms with Crippen LogP contribution in [0.15, 0.2) is 29.6 Å². The molecule has 0 aliphatic heterocycles. The number of nitrogens with one attached hydrogen (secondary N) is 2. The molecule has 2 aromatic rings. The van der Waals surface area contributed by atoms with Crippen LogP contribution in [0.25, 0.3) is 0 Å². The third kappa shape index (κ3) is 10.6. The number of carboxylic acid groups (broad SMARTS) is 1. The van der Waals surface area contributed by atoms with Gasteiger partial charge in [0.05, 0.1) is 10.6 Å². The number of alkyl carbamates (subject to hydrolysis) is 1. The number of benzene rings is 1. The van der Waals surface area contributed by atoms with E-state index in [0.29, 0.717) is 11.1 Å². The van der Waals surface area contributed by atoms with Crippen molar-refractivity contribution in [2.45, 2.75) is 141 Å². The zero-order valence-corrected chi connectivity index (χ0v) is 27.4. The van der Waals surface area contributed by atoms with Crippen LogP contribution in [-0.2, 0) is 26.0 Å². The summed E-state index contributed by atoms with van der Waals surface area (Å²) >= 11 is 0. The number of hydrogen-bond donors (Lipinski definition) is 3. The largest absolute Gasteiger partial charge is 0.480 e.